The van der Waals surface area contributed by atoms with Crippen LogP contribution in [-0.2, 0) is 10.0 Å². The fourth-order valence-electron chi connectivity index (χ4n) is 2.35. The molecule has 0 saturated carbocycles. The summed E-state index contributed by atoms with van der Waals surface area (Å²) in [7, 11) is -2.24. The Morgan fingerprint density at radius 1 is 1.29 bits per heavy atom. The third-order valence-electron chi connectivity index (χ3n) is 3.58. The van der Waals surface area contributed by atoms with Crippen LogP contribution in [0.25, 0.3) is 0 Å². The van der Waals surface area contributed by atoms with E-state index < -0.39 is 10.0 Å². The first-order valence-corrected chi connectivity index (χ1v) is 9.58. The molecule has 0 aliphatic rings. The van der Waals surface area contributed by atoms with Gasteiger partial charge in [-0.25, -0.2) is 13.6 Å². The molecule has 0 fully saturated rings. The lowest BCUT2D eigenvalue weighted by Crippen LogP contribution is -2.26. The molecule has 0 aliphatic heterocycles. The van der Waals surface area contributed by atoms with Crippen LogP contribution in [0, 0.1) is 13.8 Å². The molecular formula is C16H20N2O4S2. The number of rotatable bonds is 5. The van der Waals surface area contributed by atoms with E-state index in [-0.39, 0.29) is 16.2 Å². The summed E-state index contributed by atoms with van der Waals surface area (Å²) in [5, 5.41) is 8.00. The van der Waals surface area contributed by atoms with Gasteiger partial charge in [-0.1, -0.05) is 17.7 Å². The molecule has 0 saturated heterocycles. The maximum absolute atomic E-state index is 12.5. The van der Waals surface area contributed by atoms with Crippen molar-refractivity contribution in [2.75, 3.05) is 7.11 Å². The number of sulfonamides is 1. The lowest BCUT2D eigenvalue weighted by Gasteiger charge is -2.18. The fraction of sp³-hybridized carbons (Fsp3) is 0.312. The van der Waals surface area contributed by atoms with Crippen molar-refractivity contribution in [3.05, 3.63) is 45.8 Å². The van der Waals surface area contributed by atoms with Gasteiger partial charge in [0.1, 0.15) is 9.96 Å². The number of amides is 1. The minimum absolute atomic E-state index is 0.0223. The van der Waals surface area contributed by atoms with Gasteiger partial charge in [0.25, 0.3) is 5.91 Å². The van der Waals surface area contributed by atoms with Crippen molar-refractivity contribution in [1.82, 2.24) is 5.32 Å². The fourth-order valence-corrected chi connectivity index (χ4v) is 4.21. The molecule has 1 aromatic heterocycles. The molecule has 1 aromatic carbocycles. The average molecular weight is 368 g/mol. The highest BCUT2D eigenvalue weighted by Crippen LogP contribution is 2.28. The summed E-state index contributed by atoms with van der Waals surface area (Å²) in [4.78, 5) is 12.8. The van der Waals surface area contributed by atoms with Crippen LogP contribution in [0.2, 0.25) is 0 Å². The topological polar surface area (TPSA) is 98.5 Å². The number of nitrogens with two attached hydrogens (primary N) is 1. The Hall–Kier alpha value is -1.90. The summed E-state index contributed by atoms with van der Waals surface area (Å²) in [6.45, 7) is 5.48. The number of hydrogen-bond donors (Lipinski definition) is 2. The molecular weight excluding hydrogens is 348 g/mol. The smallest absolute Gasteiger partial charge is 0.262 e. The van der Waals surface area contributed by atoms with E-state index in [1.165, 1.54) is 6.07 Å². The predicted molar refractivity (Wildman–Crippen MR) is 94.0 cm³/mol. The molecule has 2 aromatic rings. The number of benzene rings is 1. The number of hydrogen-bond acceptors (Lipinski definition) is 5. The Labute approximate surface area is 145 Å². The van der Waals surface area contributed by atoms with Gasteiger partial charge in [0.2, 0.25) is 10.0 Å². The lowest BCUT2D eigenvalue weighted by molar-refractivity contribution is 0.0943. The van der Waals surface area contributed by atoms with E-state index in [1.807, 2.05) is 32.0 Å². The molecule has 0 spiro atoms. The van der Waals surface area contributed by atoms with Gasteiger partial charge in [0.05, 0.1) is 18.0 Å². The van der Waals surface area contributed by atoms with Gasteiger partial charge < -0.3 is 10.1 Å². The first-order valence-electron chi connectivity index (χ1n) is 7.22. The van der Waals surface area contributed by atoms with Gasteiger partial charge >= 0.3 is 0 Å². The number of methoxy groups -OCH3 is 1. The number of carbonyl (C=O) groups excluding carboxylic acids is 1. The number of carbonyl (C=O) groups is 1. The van der Waals surface area contributed by atoms with Crippen molar-refractivity contribution in [2.24, 2.45) is 5.14 Å². The average Bonchev–Trinajstić information content (AvgIpc) is 2.89. The van der Waals surface area contributed by atoms with Crippen molar-refractivity contribution >= 4 is 27.3 Å². The highest BCUT2D eigenvalue weighted by Gasteiger charge is 2.21. The third-order valence-corrected chi connectivity index (χ3v) is 6.24. The van der Waals surface area contributed by atoms with E-state index in [4.69, 9.17) is 9.88 Å². The van der Waals surface area contributed by atoms with Crippen LogP contribution in [0.5, 0.6) is 5.75 Å². The minimum Gasteiger partial charge on any atom is -0.496 e. The molecule has 1 amide bonds. The quantitative estimate of drug-likeness (QED) is 0.847. The van der Waals surface area contributed by atoms with Crippen molar-refractivity contribution < 1.29 is 17.9 Å². The molecule has 0 radical (unpaired) electrons. The first kappa shape index (κ1) is 18.4. The number of nitrogens with one attached hydrogen (secondary N) is 1. The van der Waals surface area contributed by atoms with Gasteiger partial charge in [-0.3, -0.25) is 4.79 Å². The zero-order chi connectivity index (χ0) is 18.1. The zero-order valence-corrected chi connectivity index (χ0v) is 15.5. The Balaban J connectivity index is 2.27. The standard InChI is InChI=1S/C16H20N2O4S2/c1-9-5-6-13(22-4)12(7-9)11(3)18-16(19)15-10(2)8-14(23-15)24(17,20)21/h5-8,11H,1-4H3,(H,18,19)(H2,17,20,21). The van der Waals surface area contributed by atoms with E-state index in [0.29, 0.717) is 16.2 Å². The number of thiophene rings is 1. The molecule has 0 bridgehead atoms. The van der Waals surface area contributed by atoms with E-state index in [0.717, 1.165) is 22.5 Å². The summed E-state index contributed by atoms with van der Waals surface area (Å²) in [6, 6.07) is 6.83. The Morgan fingerprint density at radius 3 is 2.50 bits per heavy atom. The van der Waals surface area contributed by atoms with Crippen LogP contribution in [0.3, 0.4) is 0 Å². The van der Waals surface area contributed by atoms with Crippen LogP contribution < -0.4 is 15.2 Å². The lowest BCUT2D eigenvalue weighted by atomic mass is 10.0. The summed E-state index contributed by atoms with van der Waals surface area (Å²) >= 11 is 0.869. The third kappa shape index (κ3) is 3.95. The second-order valence-electron chi connectivity index (χ2n) is 5.56. The van der Waals surface area contributed by atoms with Crippen LogP contribution >= 0.6 is 11.3 Å². The number of ether oxygens (including phenoxy) is 1. The monoisotopic (exact) mass is 368 g/mol. The SMILES string of the molecule is COc1ccc(C)cc1C(C)NC(=O)c1sc(S(N)(=O)=O)cc1C. The molecule has 1 unspecified atom stereocenters. The largest absolute Gasteiger partial charge is 0.496 e. The van der Waals surface area contributed by atoms with Gasteiger partial charge in [-0.15, -0.1) is 11.3 Å². The molecule has 3 N–H and O–H groups in total. The number of primary sulfonamides is 1. The van der Waals surface area contributed by atoms with Gasteiger partial charge in [0.15, 0.2) is 0 Å². The highest BCUT2D eigenvalue weighted by atomic mass is 32.2. The van der Waals surface area contributed by atoms with Crippen molar-refractivity contribution in [3.8, 4) is 5.75 Å². The molecule has 1 atom stereocenters. The molecule has 1 heterocycles. The van der Waals surface area contributed by atoms with Gasteiger partial charge in [-0.05, 0) is 38.5 Å². The van der Waals surface area contributed by atoms with Crippen molar-refractivity contribution in [1.29, 1.82) is 0 Å². The first-order chi connectivity index (χ1) is 11.1. The normalized spacial score (nSPS) is 12.7. The summed E-state index contributed by atoms with van der Waals surface area (Å²) < 4.78 is 28.2. The second kappa shape index (κ2) is 6.92. The van der Waals surface area contributed by atoms with Crippen LogP contribution in [0.15, 0.2) is 28.5 Å². The Morgan fingerprint density at radius 2 is 1.96 bits per heavy atom. The Kier molecular flexibility index (Phi) is 5.32. The maximum atomic E-state index is 12.5. The number of aryl methyl sites for hydroxylation is 2. The molecule has 6 nitrogen and oxygen atoms in total. The molecule has 8 heteroatoms. The summed E-state index contributed by atoms with van der Waals surface area (Å²) in [5.41, 5.74) is 2.48. The van der Waals surface area contributed by atoms with E-state index in [9.17, 15) is 13.2 Å². The highest BCUT2D eigenvalue weighted by molar-refractivity contribution is 7.91. The Bertz CT molecular complexity index is 872. The van der Waals surface area contributed by atoms with E-state index >= 15 is 0 Å². The molecule has 24 heavy (non-hydrogen) atoms. The van der Waals surface area contributed by atoms with Crippen LogP contribution in [-0.4, -0.2) is 21.4 Å². The maximum Gasteiger partial charge on any atom is 0.262 e. The molecule has 2 rings (SSSR count). The summed E-state index contributed by atoms with van der Waals surface area (Å²) in [6.07, 6.45) is 0. The molecule has 130 valence electrons. The van der Waals surface area contributed by atoms with E-state index in [1.54, 1.807) is 14.0 Å². The minimum atomic E-state index is -3.82. The second-order valence-corrected chi connectivity index (χ2v) is 8.40. The van der Waals surface area contributed by atoms with Gasteiger partial charge in [-0.2, -0.15) is 0 Å². The van der Waals surface area contributed by atoms with Crippen LogP contribution in [0.4, 0.5) is 0 Å². The predicted octanol–water partition coefficient (Wildman–Crippen LogP) is 2.51. The van der Waals surface area contributed by atoms with Crippen LogP contribution in [0.1, 0.15) is 39.3 Å². The molecule has 0 aliphatic carbocycles. The van der Waals surface area contributed by atoms with Crippen molar-refractivity contribution in [2.45, 2.75) is 31.0 Å². The summed E-state index contributed by atoms with van der Waals surface area (Å²) in [5.74, 6) is 0.338. The van der Waals surface area contributed by atoms with Crippen molar-refractivity contribution in [3.63, 3.8) is 0 Å². The van der Waals surface area contributed by atoms with E-state index in [2.05, 4.69) is 5.32 Å². The van der Waals surface area contributed by atoms with Gasteiger partial charge in [0, 0.05) is 5.56 Å². The zero-order valence-electron chi connectivity index (χ0n) is 13.9.